The summed E-state index contributed by atoms with van der Waals surface area (Å²) < 4.78 is 2.06. The van der Waals surface area contributed by atoms with Crippen molar-refractivity contribution in [2.45, 2.75) is 63.8 Å². The van der Waals surface area contributed by atoms with E-state index in [2.05, 4.69) is 4.57 Å². The summed E-state index contributed by atoms with van der Waals surface area (Å²) in [4.78, 5) is 13.0. The fourth-order valence-electron chi connectivity index (χ4n) is 3.73. The van der Waals surface area contributed by atoms with Crippen LogP contribution < -0.4 is 11.3 Å². The number of aromatic nitrogens is 1. The fourth-order valence-corrected chi connectivity index (χ4v) is 3.88. The highest BCUT2D eigenvalue weighted by Gasteiger charge is 2.24. The summed E-state index contributed by atoms with van der Waals surface area (Å²) in [5, 5.41) is 0. The Labute approximate surface area is 125 Å². The minimum atomic E-state index is 0.0463. The molecule has 0 saturated heterocycles. The van der Waals surface area contributed by atoms with E-state index in [-0.39, 0.29) is 10.5 Å². The molecule has 2 aliphatic rings. The number of thiocarbonyl (C=S) groups is 1. The number of hydrogen-bond acceptors (Lipinski definition) is 2. The summed E-state index contributed by atoms with van der Waals surface area (Å²) in [7, 11) is 0. The molecule has 1 aromatic rings. The van der Waals surface area contributed by atoms with Crippen LogP contribution in [0.4, 0.5) is 0 Å². The Morgan fingerprint density at radius 2 is 1.85 bits per heavy atom. The third kappa shape index (κ3) is 2.41. The van der Waals surface area contributed by atoms with Crippen LogP contribution in [0.25, 0.3) is 0 Å². The van der Waals surface area contributed by atoms with E-state index in [9.17, 15) is 4.79 Å². The van der Waals surface area contributed by atoms with Gasteiger partial charge in [0.2, 0.25) is 0 Å². The lowest BCUT2D eigenvalue weighted by molar-refractivity contribution is 0.334. The van der Waals surface area contributed by atoms with Crippen molar-refractivity contribution in [1.82, 2.24) is 4.57 Å². The summed E-state index contributed by atoms with van der Waals surface area (Å²) in [5.74, 6) is 0. The molecule has 0 spiro atoms. The van der Waals surface area contributed by atoms with E-state index in [4.69, 9.17) is 18.0 Å². The third-order valence-electron chi connectivity index (χ3n) is 4.74. The molecule has 20 heavy (non-hydrogen) atoms. The van der Waals surface area contributed by atoms with E-state index in [0.717, 1.165) is 25.7 Å². The zero-order valence-electron chi connectivity index (χ0n) is 11.9. The minimum Gasteiger partial charge on any atom is -0.389 e. The molecule has 0 radical (unpaired) electrons. The highest BCUT2D eigenvalue weighted by atomic mass is 32.1. The van der Waals surface area contributed by atoms with Crippen molar-refractivity contribution in [2.75, 3.05) is 0 Å². The molecule has 0 unspecified atom stereocenters. The maximum absolute atomic E-state index is 12.8. The number of nitrogens with two attached hydrogens (primary N) is 1. The number of rotatable bonds is 2. The standard InChI is InChI=1S/C16H22N2OS/c17-15(20)13-10-11-6-4-5-9-14(11)18(16(13)19)12-7-2-1-3-8-12/h10,12H,1-9H2,(H2,17,20). The highest BCUT2D eigenvalue weighted by molar-refractivity contribution is 7.80. The fraction of sp³-hybridized carbons (Fsp3) is 0.625. The molecule has 0 aliphatic heterocycles. The Kier molecular flexibility index (Phi) is 3.92. The Morgan fingerprint density at radius 3 is 2.55 bits per heavy atom. The number of fused-ring (bicyclic) bond motifs is 1. The molecule has 4 heteroatoms. The molecule has 2 N–H and O–H groups in total. The van der Waals surface area contributed by atoms with E-state index in [1.165, 1.54) is 43.4 Å². The van der Waals surface area contributed by atoms with Crippen molar-refractivity contribution in [1.29, 1.82) is 0 Å². The molecular formula is C16H22N2OS. The van der Waals surface area contributed by atoms with Gasteiger partial charge >= 0.3 is 0 Å². The molecule has 0 aromatic carbocycles. The van der Waals surface area contributed by atoms with Gasteiger partial charge in [-0.25, -0.2) is 0 Å². The van der Waals surface area contributed by atoms with Crippen LogP contribution in [0.1, 0.15) is 67.8 Å². The lowest BCUT2D eigenvalue weighted by Crippen LogP contribution is -2.36. The van der Waals surface area contributed by atoms with Crippen molar-refractivity contribution in [3.05, 3.63) is 33.2 Å². The predicted octanol–water partition coefficient (Wildman–Crippen LogP) is 2.87. The molecule has 0 bridgehead atoms. The van der Waals surface area contributed by atoms with Gasteiger partial charge in [0.25, 0.3) is 5.56 Å². The van der Waals surface area contributed by atoms with Crippen molar-refractivity contribution in [3.8, 4) is 0 Å². The molecule has 1 saturated carbocycles. The second kappa shape index (κ2) is 5.68. The first-order valence-electron chi connectivity index (χ1n) is 7.75. The Hall–Kier alpha value is -1.16. The van der Waals surface area contributed by atoms with Crippen LogP contribution in [0, 0.1) is 0 Å². The normalized spacial score (nSPS) is 19.6. The van der Waals surface area contributed by atoms with E-state index < -0.39 is 0 Å². The average Bonchev–Trinajstić information content (AvgIpc) is 2.47. The molecule has 3 nitrogen and oxygen atoms in total. The van der Waals surface area contributed by atoms with Crippen molar-refractivity contribution in [2.24, 2.45) is 5.73 Å². The lowest BCUT2D eigenvalue weighted by Gasteiger charge is -2.30. The first-order chi connectivity index (χ1) is 9.68. The Balaban J connectivity index is 2.16. The number of pyridine rings is 1. The van der Waals surface area contributed by atoms with Gasteiger partial charge in [0.1, 0.15) is 4.99 Å². The largest absolute Gasteiger partial charge is 0.389 e. The molecule has 3 rings (SSSR count). The monoisotopic (exact) mass is 290 g/mol. The second-order valence-corrected chi connectivity index (χ2v) is 6.51. The first-order valence-corrected chi connectivity index (χ1v) is 8.16. The summed E-state index contributed by atoms with van der Waals surface area (Å²) in [6.45, 7) is 0. The van der Waals surface area contributed by atoms with Gasteiger partial charge in [-0.2, -0.15) is 0 Å². The molecule has 0 atom stereocenters. The van der Waals surface area contributed by atoms with Gasteiger partial charge in [-0.15, -0.1) is 0 Å². The van der Waals surface area contributed by atoms with Crippen LogP contribution in [0.5, 0.6) is 0 Å². The maximum Gasteiger partial charge on any atom is 0.261 e. The van der Waals surface area contributed by atoms with Crippen LogP contribution in [-0.2, 0) is 12.8 Å². The summed E-state index contributed by atoms with van der Waals surface area (Å²) in [5.41, 5.74) is 8.91. The van der Waals surface area contributed by atoms with E-state index in [0.29, 0.717) is 11.6 Å². The predicted molar refractivity (Wildman–Crippen MR) is 85.4 cm³/mol. The van der Waals surface area contributed by atoms with Crippen LogP contribution >= 0.6 is 12.2 Å². The van der Waals surface area contributed by atoms with E-state index in [1.54, 1.807) is 0 Å². The van der Waals surface area contributed by atoms with Gasteiger partial charge in [-0.05, 0) is 50.2 Å². The topological polar surface area (TPSA) is 48.0 Å². The molecule has 0 amide bonds. The number of nitrogens with zero attached hydrogens (tertiary/aromatic N) is 1. The Morgan fingerprint density at radius 1 is 1.15 bits per heavy atom. The molecular weight excluding hydrogens is 268 g/mol. The van der Waals surface area contributed by atoms with Crippen molar-refractivity contribution < 1.29 is 0 Å². The smallest absolute Gasteiger partial charge is 0.261 e. The molecule has 108 valence electrons. The van der Waals surface area contributed by atoms with Gasteiger partial charge < -0.3 is 10.3 Å². The third-order valence-corrected chi connectivity index (χ3v) is 4.96. The molecule has 1 aromatic heterocycles. The van der Waals surface area contributed by atoms with Crippen LogP contribution in [-0.4, -0.2) is 9.56 Å². The quantitative estimate of drug-likeness (QED) is 0.852. The van der Waals surface area contributed by atoms with Crippen LogP contribution in [0.15, 0.2) is 10.9 Å². The van der Waals surface area contributed by atoms with E-state index in [1.807, 2.05) is 6.07 Å². The summed E-state index contributed by atoms with van der Waals surface area (Å²) in [6.07, 6.45) is 10.4. The van der Waals surface area contributed by atoms with Gasteiger partial charge in [-0.1, -0.05) is 31.5 Å². The molecule has 1 fully saturated rings. The zero-order valence-corrected chi connectivity index (χ0v) is 12.7. The molecule has 1 heterocycles. The summed E-state index contributed by atoms with van der Waals surface area (Å²) >= 11 is 5.08. The van der Waals surface area contributed by atoms with Crippen molar-refractivity contribution >= 4 is 17.2 Å². The summed E-state index contributed by atoms with van der Waals surface area (Å²) in [6, 6.07) is 2.32. The maximum atomic E-state index is 12.8. The first kappa shape index (κ1) is 13.8. The number of aryl methyl sites for hydroxylation is 1. The van der Waals surface area contributed by atoms with Crippen LogP contribution in [0.2, 0.25) is 0 Å². The molecule has 2 aliphatic carbocycles. The number of hydrogen-bond donors (Lipinski definition) is 1. The Bertz CT molecular complexity index is 585. The van der Waals surface area contributed by atoms with Gasteiger partial charge in [0, 0.05) is 11.7 Å². The lowest BCUT2D eigenvalue weighted by atomic mass is 9.90. The minimum absolute atomic E-state index is 0.0463. The van der Waals surface area contributed by atoms with Gasteiger partial charge in [-0.3, -0.25) is 4.79 Å². The average molecular weight is 290 g/mol. The SMILES string of the molecule is NC(=S)c1cc2c(n(C3CCCCC3)c1=O)CCCC2. The highest BCUT2D eigenvalue weighted by Crippen LogP contribution is 2.31. The van der Waals surface area contributed by atoms with Gasteiger partial charge in [0.05, 0.1) is 5.56 Å². The van der Waals surface area contributed by atoms with Crippen molar-refractivity contribution in [3.63, 3.8) is 0 Å². The van der Waals surface area contributed by atoms with Gasteiger partial charge in [0.15, 0.2) is 0 Å². The zero-order chi connectivity index (χ0) is 14.1. The van der Waals surface area contributed by atoms with Crippen LogP contribution in [0.3, 0.4) is 0 Å². The second-order valence-electron chi connectivity index (χ2n) is 6.07. The van der Waals surface area contributed by atoms with E-state index >= 15 is 0 Å².